The predicted molar refractivity (Wildman–Crippen MR) is 153 cm³/mol. The minimum atomic E-state index is -0.308. The summed E-state index contributed by atoms with van der Waals surface area (Å²) >= 11 is 0. The first kappa shape index (κ1) is 26.5. The van der Waals surface area contributed by atoms with E-state index in [1.807, 2.05) is 49.5 Å². The molecule has 1 aliphatic rings. The fourth-order valence-electron chi connectivity index (χ4n) is 4.90. The summed E-state index contributed by atoms with van der Waals surface area (Å²) < 4.78 is 7.40. The number of aryl methyl sites for hydroxylation is 2. The van der Waals surface area contributed by atoms with Gasteiger partial charge in [-0.3, -0.25) is 19.1 Å². The summed E-state index contributed by atoms with van der Waals surface area (Å²) in [6, 6.07) is 14.1. The van der Waals surface area contributed by atoms with E-state index in [-0.39, 0.29) is 23.8 Å². The Morgan fingerprint density at radius 1 is 1.10 bits per heavy atom. The van der Waals surface area contributed by atoms with Crippen LogP contribution in [0.1, 0.15) is 35.2 Å². The van der Waals surface area contributed by atoms with E-state index in [0.29, 0.717) is 31.9 Å². The number of aromatic nitrogens is 3. The minimum Gasteiger partial charge on any atom is -0.478 e. The molecular formula is C30H36N6O3. The maximum absolute atomic E-state index is 13.1. The van der Waals surface area contributed by atoms with Crippen LogP contribution in [0.2, 0.25) is 0 Å². The van der Waals surface area contributed by atoms with E-state index in [9.17, 15) is 9.59 Å². The number of fused-ring (bicyclic) bond motifs is 1. The Balaban J connectivity index is 1.14. The number of rotatable bonds is 11. The highest BCUT2D eigenvalue weighted by Gasteiger charge is 2.13. The number of ether oxygens (including phenoxy) is 1. The van der Waals surface area contributed by atoms with Crippen molar-refractivity contribution in [1.29, 1.82) is 0 Å². The molecule has 1 aliphatic heterocycles. The van der Waals surface area contributed by atoms with Gasteiger partial charge in [-0.15, -0.1) is 0 Å². The van der Waals surface area contributed by atoms with Gasteiger partial charge in [0.15, 0.2) is 5.82 Å². The molecule has 0 bridgehead atoms. The molecule has 3 N–H and O–H groups in total. The lowest BCUT2D eigenvalue weighted by Gasteiger charge is -2.16. The zero-order valence-electron chi connectivity index (χ0n) is 22.6. The topological polar surface area (TPSA) is 104 Å². The minimum absolute atomic E-state index is 0.0658. The van der Waals surface area contributed by atoms with Gasteiger partial charge in [0.1, 0.15) is 19.0 Å². The summed E-state index contributed by atoms with van der Waals surface area (Å²) in [6.45, 7) is 7.49. The molecule has 0 saturated carbocycles. The van der Waals surface area contributed by atoms with E-state index < -0.39 is 0 Å². The Morgan fingerprint density at radius 2 is 1.95 bits per heavy atom. The summed E-state index contributed by atoms with van der Waals surface area (Å²) in [4.78, 5) is 35.6. The molecule has 9 nitrogen and oxygen atoms in total. The van der Waals surface area contributed by atoms with E-state index in [1.54, 1.807) is 13.1 Å². The highest BCUT2D eigenvalue weighted by Crippen LogP contribution is 2.19. The molecular weight excluding hydrogens is 492 g/mol. The molecule has 39 heavy (non-hydrogen) atoms. The number of carbonyl (C=O) groups is 1. The molecule has 3 heterocycles. The second-order valence-corrected chi connectivity index (χ2v) is 10.2. The van der Waals surface area contributed by atoms with Crippen molar-refractivity contribution in [3.8, 4) is 5.75 Å². The number of benzene rings is 2. The van der Waals surface area contributed by atoms with Gasteiger partial charge in [0.05, 0.1) is 0 Å². The molecule has 9 heteroatoms. The number of nitrogens with one attached hydrogen (secondary N) is 3. The molecule has 2 aromatic carbocycles. The summed E-state index contributed by atoms with van der Waals surface area (Å²) in [5.41, 5.74) is 4.67. The van der Waals surface area contributed by atoms with Gasteiger partial charge in [0.2, 0.25) is 5.91 Å². The SMILES string of the molecule is Cc1c[nH]c2ccc(CNC(=O)Cn3c(C)cnc(NCCc4cccc(OCN5CCCC5)c4)c3=O)cc12. The first-order valence-corrected chi connectivity index (χ1v) is 13.5. The molecule has 2 aromatic heterocycles. The number of likely N-dealkylation sites (tertiary alicyclic amines) is 1. The number of H-pyrrole nitrogens is 1. The first-order chi connectivity index (χ1) is 19.0. The predicted octanol–water partition coefficient (Wildman–Crippen LogP) is 3.74. The quantitative estimate of drug-likeness (QED) is 0.274. The Kier molecular flexibility index (Phi) is 8.27. The molecule has 1 fully saturated rings. The van der Waals surface area contributed by atoms with Gasteiger partial charge < -0.3 is 20.4 Å². The fourth-order valence-corrected chi connectivity index (χ4v) is 4.90. The lowest BCUT2D eigenvalue weighted by molar-refractivity contribution is -0.121. The van der Waals surface area contributed by atoms with Crippen LogP contribution in [0.5, 0.6) is 5.75 Å². The van der Waals surface area contributed by atoms with Gasteiger partial charge in [0.25, 0.3) is 5.56 Å². The van der Waals surface area contributed by atoms with E-state index in [1.165, 1.54) is 17.4 Å². The van der Waals surface area contributed by atoms with Crippen LogP contribution in [0.25, 0.3) is 10.9 Å². The average Bonchev–Trinajstić information content (AvgIpc) is 3.60. The highest BCUT2D eigenvalue weighted by atomic mass is 16.5. The zero-order chi connectivity index (χ0) is 27.2. The van der Waals surface area contributed by atoms with Crippen molar-refractivity contribution in [3.05, 3.63) is 87.6 Å². The molecule has 5 rings (SSSR count). The first-order valence-electron chi connectivity index (χ1n) is 13.5. The number of amides is 1. The fraction of sp³-hybridized carbons (Fsp3) is 0.367. The molecule has 0 atom stereocenters. The lowest BCUT2D eigenvalue weighted by atomic mass is 10.1. The van der Waals surface area contributed by atoms with Crippen molar-refractivity contribution >= 4 is 22.6 Å². The molecule has 0 spiro atoms. The number of hydrogen-bond acceptors (Lipinski definition) is 6. The van der Waals surface area contributed by atoms with E-state index in [2.05, 4.69) is 31.6 Å². The van der Waals surface area contributed by atoms with Crippen molar-refractivity contribution in [2.24, 2.45) is 0 Å². The molecule has 1 saturated heterocycles. The van der Waals surface area contributed by atoms with Crippen LogP contribution in [0.15, 0.2) is 59.7 Å². The largest absolute Gasteiger partial charge is 0.478 e. The Labute approximate surface area is 228 Å². The van der Waals surface area contributed by atoms with Gasteiger partial charge in [-0.1, -0.05) is 18.2 Å². The summed E-state index contributed by atoms with van der Waals surface area (Å²) in [5.74, 6) is 0.863. The van der Waals surface area contributed by atoms with Crippen LogP contribution >= 0.6 is 0 Å². The third kappa shape index (κ3) is 6.67. The van der Waals surface area contributed by atoms with Gasteiger partial charge in [-0.2, -0.15) is 0 Å². The van der Waals surface area contributed by atoms with E-state index in [0.717, 1.165) is 46.4 Å². The summed E-state index contributed by atoms with van der Waals surface area (Å²) in [5, 5.41) is 7.22. The standard InChI is InChI=1S/C30H36N6O3/c1-21-16-32-27-9-8-24(15-26(21)27)18-33-28(37)19-36-22(2)17-34-29(30(36)38)31-11-10-23-6-5-7-25(14-23)39-20-35-12-3-4-13-35/h5-9,14-17,32H,3-4,10-13,18-20H2,1-2H3,(H,31,34)(H,33,37). The van der Waals surface area contributed by atoms with Crippen molar-refractivity contribution in [3.63, 3.8) is 0 Å². The van der Waals surface area contributed by atoms with Crippen LogP contribution in [0, 0.1) is 13.8 Å². The molecule has 0 unspecified atom stereocenters. The molecule has 0 aliphatic carbocycles. The smallest absolute Gasteiger partial charge is 0.293 e. The van der Waals surface area contributed by atoms with Crippen LogP contribution in [-0.2, 0) is 24.3 Å². The normalized spacial score (nSPS) is 13.6. The van der Waals surface area contributed by atoms with E-state index in [4.69, 9.17) is 4.74 Å². The molecule has 1 amide bonds. The Morgan fingerprint density at radius 3 is 2.79 bits per heavy atom. The molecule has 0 radical (unpaired) electrons. The average molecular weight is 529 g/mol. The van der Waals surface area contributed by atoms with E-state index >= 15 is 0 Å². The second-order valence-electron chi connectivity index (χ2n) is 10.2. The monoisotopic (exact) mass is 528 g/mol. The zero-order valence-corrected chi connectivity index (χ0v) is 22.6. The maximum atomic E-state index is 13.1. The number of aromatic amines is 1. The van der Waals surface area contributed by atoms with Crippen LogP contribution in [0.4, 0.5) is 5.82 Å². The number of nitrogens with zero attached hydrogens (tertiary/aromatic N) is 3. The van der Waals surface area contributed by atoms with Gasteiger partial charge in [-0.05, 0) is 74.1 Å². The lowest BCUT2D eigenvalue weighted by Crippen LogP contribution is -2.34. The van der Waals surface area contributed by atoms with Crippen molar-refractivity contribution in [2.45, 2.75) is 46.2 Å². The van der Waals surface area contributed by atoms with Gasteiger partial charge >= 0.3 is 0 Å². The summed E-state index contributed by atoms with van der Waals surface area (Å²) in [6.07, 6.45) is 6.77. The van der Waals surface area contributed by atoms with Crippen LogP contribution in [0.3, 0.4) is 0 Å². The second kappa shape index (κ2) is 12.2. The van der Waals surface area contributed by atoms with Crippen molar-refractivity contribution in [2.75, 3.05) is 31.7 Å². The Bertz CT molecular complexity index is 1500. The third-order valence-electron chi connectivity index (χ3n) is 7.22. The highest BCUT2D eigenvalue weighted by molar-refractivity contribution is 5.83. The number of hydrogen-bond donors (Lipinski definition) is 3. The molecule has 204 valence electrons. The van der Waals surface area contributed by atoms with Crippen molar-refractivity contribution < 1.29 is 9.53 Å². The molecule has 4 aromatic rings. The van der Waals surface area contributed by atoms with Gasteiger partial charge in [0, 0.05) is 55.2 Å². The number of carbonyl (C=O) groups excluding carboxylic acids is 1. The maximum Gasteiger partial charge on any atom is 0.293 e. The Hall–Kier alpha value is -4.11. The van der Waals surface area contributed by atoms with Crippen molar-refractivity contribution in [1.82, 2.24) is 24.8 Å². The van der Waals surface area contributed by atoms with Crippen LogP contribution < -0.4 is 20.9 Å². The summed E-state index contributed by atoms with van der Waals surface area (Å²) in [7, 11) is 0. The van der Waals surface area contributed by atoms with Gasteiger partial charge in [-0.25, -0.2) is 4.98 Å². The third-order valence-corrected chi connectivity index (χ3v) is 7.22. The number of anilines is 1. The van der Waals surface area contributed by atoms with Crippen LogP contribution in [-0.4, -0.2) is 51.7 Å².